The van der Waals surface area contributed by atoms with Gasteiger partial charge in [0.15, 0.2) is 11.5 Å². The van der Waals surface area contributed by atoms with Crippen LogP contribution in [0, 0.1) is 0 Å². The Morgan fingerprint density at radius 2 is 1.65 bits per heavy atom. The molecule has 0 aromatic heterocycles. The molecule has 1 heterocycles. The van der Waals surface area contributed by atoms with Crippen molar-refractivity contribution in [2.24, 2.45) is 0 Å². The third-order valence-electron chi connectivity index (χ3n) is 5.49. The van der Waals surface area contributed by atoms with Crippen LogP contribution in [0.2, 0.25) is 5.02 Å². The Hall–Kier alpha value is -4.03. The second-order valence-corrected chi connectivity index (χ2v) is 8.08. The maximum absolute atomic E-state index is 13.4. The number of halogens is 1. The van der Waals surface area contributed by atoms with Crippen molar-refractivity contribution >= 4 is 35.3 Å². The number of aromatic carboxylic acids is 1. The molecule has 0 radical (unpaired) electrons. The molecule has 1 aliphatic rings. The molecule has 0 unspecified atom stereocenters. The number of methoxy groups -OCH3 is 2. The third kappa shape index (κ3) is 4.82. The molecule has 34 heavy (non-hydrogen) atoms. The van der Waals surface area contributed by atoms with Gasteiger partial charge in [0.05, 0.1) is 32.0 Å². The Morgan fingerprint density at radius 3 is 2.26 bits per heavy atom. The van der Waals surface area contributed by atoms with Crippen LogP contribution in [0.15, 0.2) is 78.4 Å². The molecule has 3 aromatic rings. The lowest BCUT2D eigenvalue weighted by Crippen LogP contribution is -2.25. The monoisotopic (exact) mass is 475 g/mol. The summed E-state index contributed by atoms with van der Waals surface area (Å²) in [5.41, 5.74) is 3.88. The van der Waals surface area contributed by atoms with Crippen molar-refractivity contribution in [2.45, 2.75) is 6.54 Å². The molecule has 0 saturated heterocycles. The van der Waals surface area contributed by atoms with Crippen LogP contribution in [0.4, 0.5) is 0 Å². The van der Waals surface area contributed by atoms with E-state index in [2.05, 4.69) is 0 Å². The molecular weight excluding hydrogens is 454 g/mol. The Morgan fingerprint density at radius 1 is 0.971 bits per heavy atom. The van der Waals surface area contributed by atoms with Crippen LogP contribution >= 0.6 is 11.6 Å². The number of hydrogen-bond donors (Lipinski definition) is 1. The normalized spacial score (nSPS) is 14.3. The van der Waals surface area contributed by atoms with E-state index in [0.717, 1.165) is 22.4 Å². The van der Waals surface area contributed by atoms with Crippen molar-refractivity contribution in [3.8, 4) is 11.5 Å². The van der Waals surface area contributed by atoms with Crippen molar-refractivity contribution < 1.29 is 24.2 Å². The van der Waals surface area contributed by atoms with E-state index in [0.29, 0.717) is 22.1 Å². The van der Waals surface area contributed by atoms with Gasteiger partial charge < -0.3 is 19.5 Å². The van der Waals surface area contributed by atoms with E-state index in [9.17, 15) is 9.59 Å². The van der Waals surface area contributed by atoms with E-state index in [-0.39, 0.29) is 18.0 Å². The van der Waals surface area contributed by atoms with E-state index in [1.807, 2.05) is 30.3 Å². The first-order chi connectivity index (χ1) is 16.4. The highest BCUT2D eigenvalue weighted by Gasteiger charge is 2.29. The van der Waals surface area contributed by atoms with Gasteiger partial charge in [0.2, 0.25) is 0 Å². The molecule has 0 saturated carbocycles. The fourth-order valence-electron chi connectivity index (χ4n) is 3.73. The summed E-state index contributed by atoms with van der Waals surface area (Å²) in [6, 6.07) is 19.2. The molecule has 6 nitrogen and oxygen atoms in total. The molecule has 0 aliphatic carbocycles. The number of rotatable bonds is 7. The second-order valence-electron chi connectivity index (χ2n) is 7.64. The van der Waals surface area contributed by atoms with Gasteiger partial charge >= 0.3 is 5.97 Å². The maximum atomic E-state index is 13.4. The molecule has 0 fully saturated rings. The number of carboxylic acid groups (broad SMARTS) is 1. The summed E-state index contributed by atoms with van der Waals surface area (Å²) >= 11 is 6.06. The summed E-state index contributed by atoms with van der Waals surface area (Å²) in [6.45, 7) is 0.288. The number of benzene rings is 3. The predicted molar refractivity (Wildman–Crippen MR) is 131 cm³/mol. The predicted octanol–water partition coefficient (Wildman–Crippen LogP) is 5.52. The Kier molecular flexibility index (Phi) is 6.70. The number of nitrogens with zero attached hydrogens (tertiary/aromatic N) is 1. The lowest BCUT2D eigenvalue weighted by atomic mass is 10.1. The van der Waals surface area contributed by atoms with Crippen LogP contribution in [0.1, 0.15) is 27.0 Å². The number of carboxylic acids is 1. The summed E-state index contributed by atoms with van der Waals surface area (Å²) in [7, 11) is 3.13. The van der Waals surface area contributed by atoms with E-state index >= 15 is 0 Å². The van der Waals surface area contributed by atoms with Crippen LogP contribution in [-0.2, 0) is 11.3 Å². The Labute approximate surface area is 202 Å². The fourth-order valence-corrected chi connectivity index (χ4v) is 3.86. The molecule has 7 heteroatoms. The molecule has 3 aromatic carbocycles. The van der Waals surface area contributed by atoms with Gasteiger partial charge in [-0.1, -0.05) is 41.9 Å². The highest BCUT2D eigenvalue weighted by molar-refractivity contribution is 6.30. The largest absolute Gasteiger partial charge is 0.493 e. The number of amides is 1. The minimum absolute atomic E-state index is 0.165. The summed E-state index contributed by atoms with van der Waals surface area (Å²) in [4.78, 5) is 26.3. The average molecular weight is 476 g/mol. The smallest absolute Gasteiger partial charge is 0.335 e. The minimum Gasteiger partial charge on any atom is -0.493 e. The quantitative estimate of drug-likeness (QED) is 0.455. The average Bonchev–Trinajstić information content (AvgIpc) is 3.14. The number of ether oxygens (including phenoxy) is 2. The van der Waals surface area contributed by atoms with Crippen molar-refractivity contribution in [2.75, 3.05) is 14.2 Å². The van der Waals surface area contributed by atoms with Gasteiger partial charge in [-0.05, 0) is 65.2 Å². The lowest BCUT2D eigenvalue weighted by molar-refractivity contribution is -0.123. The highest BCUT2D eigenvalue weighted by atomic mass is 35.5. The molecule has 1 amide bonds. The van der Waals surface area contributed by atoms with Gasteiger partial charge in [-0.25, -0.2) is 4.79 Å². The standard InChI is InChI=1S/C27H22ClNO5/c1-33-24-12-5-18(14-25(24)34-2)13-21-15-23(19-8-10-22(28)11-9-19)29(26(21)30)16-17-3-6-20(7-4-17)27(31)32/h3-15H,16H2,1-2H3,(H,31,32)/b21-13+. The van der Waals surface area contributed by atoms with Gasteiger partial charge in [0.1, 0.15) is 0 Å². The minimum atomic E-state index is -0.995. The zero-order chi connectivity index (χ0) is 24.2. The zero-order valence-electron chi connectivity index (χ0n) is 18.6. The first-order valence-electron chi connectivity index (χ1n) is 10.4. The fraction of sp³-hybridized carbons (Fsp3) is 0.111. The summed E-state index contributed by atoms with van der Waals surface area (Å²) in [5.74, 6) is 0.0125. The van der Waals surface area contributed by atoms with E-state index in [4.69, 9.17) is 26.2 Å². The van der Waals surface area contributed by atoms with Crippen LogP contribution < -0.4 is 9.47 Å². The van der Waals surface area contributed by atoms with Crippen LogP contribution in [-0.4, -0.2) is 36.1 Å². The molecule has 0 bridgehead atoms. The van der Waals surface area contributed by atoms with Crippen molar-refractivity contribution in [1.29, 1.82) is 0 Å². The summed E-state index contributed by atoms with van der Waals surface area (Å²) in [6.07, 6.45) is 3.64. The molecule has 4 rings (SSSR count). The summed E-state index contributed by atoms with van der Waals surface area (Å²) < 4.78 is 10.7. The van der Waals surface area contributed by atoms with Gasteiger partial charge in [-0.2, -0.15) is 0 Å². The van der Waals surface area contributed by atoms with E-state index in [1.165, 1.54) is 12.1 Å². The SMILES string of the molecule is COc1ccc(/C=C2\C=C(c3ccc(Cl)cc3)N(Cc3ccc(C(=O)O)cc3)C2=O)cc1OC. The Bertz CT molecular complexity index is 1290. The van der Waals surface area contributed by atoms with Crippen LogP contribution in [0.5, 0.6) is 11.5 Å². The van der Waals surface area contributed by atoms with Gasteiger partial charge in [0, 0.05) is 10.6 Å². The number of hydrogen-bond acceptors (Lipinski definition) is 4. The number of carbonyl (C=O) groups excluding carboxylic acids is 1. The van der Waals surface area contributed by atoms with Crippen molar-refractivity contribution in [3.05, 3.63) is 106 Å². The molecular formula is C27H22ClNO5. The van der Waals surface area contributed by atoms with Crippen LogP contribution in [0.25, 0.3) is 11.8 Å². The third-order valence-corrected chi connectivity index (χ3v) is 5.74. The Balaban J connectivity index is 1.71. The maximum Gasteiger partial charge on any atom is 0.335 e. The topological polar surface area (TPSA) is 76.1 Å². The highest BCUT2D eigenvalue weighted by Crippen LogP contribution is 2.34. The van der Waals surface area contributed by atoms with E-state index in [1.54, 1.807) is 55.5 Å². The lowest BCUT2D eigenvalue weighted by Gasteiger charge is -2.21. The summed E-state index contributed by atoms with van der Waals surface area (Å²) in [5, 5.41) is 9.75. The van der Waals surface area contributed by atoms with Crippen molar-refractivity contribution in [1.82, 2.24) is 4.90 Å². The van der Waals surface area contributed by atoms with Gasteiger partial charge in [-0.15, -0.1) is 0 Å². The first-order valence-corrected chi connectivity index (χ1v) is 10.8. The molecule has 0 spiro atoms. The number of carbonyl (C=O) groups is 2. The molecule has 0 atom stereocenters. The van der Waals surface area contributed by atoms with Gasteiger partial charge in [0.25, 0.3) is 5.91 Å². The van der Waals surface area contributed by atoms with E-state index < -0.39 is 5.97 Å². The second kappa shape index (κ2) is 9.85. The zero-order valence-corrected chi connectivity index (χ0v) is 19.4. The first kappa shape index (κ1) is 23.1. The van der Waals surface area contributed by atoms with Gasteiger partial charge in [-0.3, -0.25) is 4.79 Å². The molecule has 1 aliphatic heterocycles. The molecule has 172 valence electrons. The molecule has 1 N–H and O–H groups in total. The van der Waals surface area contributed by atoms with Crippen molar-refractivity contribution in [3.63, 3.8) is 0 Å². The van der Waals surface area contributed by atoms with Crippen LogP contribution in [0.3, 0.4) is 0 Å².